The fourth-order valence-electron chi connectivity index (χ4n) is 3.53. The maximum absolute atomic E-state index is 12.4. The van der Waals surface area contributed by atoms with Gasteiger partial charge in [0.25, 0.3) is 5.91 Å². The van der Waals surface area contributed by atoms with Gasteiger partial charge in [0.2, 0.25) is 5.88 Å². The van der Waals surface area contributed by atoms with Gasteiger partial charge < -0.3 is 20.5 Å². The van der Waals surface area contributed by atoms with Crippen molar-refractivity contribution in [3.05, 3.63) is 40.5 Å². The van der Waals surface area contributed by atoms with Crippen molar-refractivity contribution in [2.24, 2.45) is 11.7 Å². The predicted octanol–water partition coefficient (Wildman–Crippen LogP) is 2.53. The summed E-state index contributed by atoms with van der Waals surface area (Å²) in [7, 11) is 0. The Bertz CT molecular complexity index is 942. The third-order valence-electron chi connectivity index (χ3n) is 5.28. The summed E-state index contributed by atoms with van der Waals surface area (Å²) in [5, 5.41) is 5.79. The van der Waals surface area contributed by atoms with Gasteiger partial charge in [-0.15, -0.1) is 0 Å². The number of amides is 3. The van der Waals surface area contributed by atoms with E-state index in [1.807, 2.05) is 26.0 Å². The number of hydrogen-bond donors (Lipinski definition) is 3. The van der Waals surface area contributed by atoms with Crippen LogP contribution in [0, 0.1) is 19.8 Å². The molecule has 32 heavy (non-hydrogen) atoms. The van der Waals surface area contributed by atoms with Gasteiger partial charge >= 0.3 is 6.03 Å². The standard InChI is InChI=1S/C22H31N5O4S/c1-14-4-5-17(16(3)10-14)13-31-20-18(19(23)28)21(32-26-20)25-22(29)24-11-15(2)12-27-6-8-30-9-7-27/h4-5,10,15H,6-9,11-13H2,1-3H3,(H2,23,28)(H2,24,25,29). The van der Waals surface area contributed by atoms with Crippen molar-refractivity contribution in [2.45, 2.75) is 27.4 Å². The van der Waals surface area contributed by atoms with Gasteiger partial charge in [0.15, 0.2) is 0 Å². The minimum absolute atomic E-state index is 0.0799. The Hall–Kier alpha value is -2.69. The van der Waals surface area contributed by atoms with Gasteiger partial charge in [-0.05, 0) is 42.4 Å². The fraction of sp³-hybridized carbons (Fsp3) is 0.500. The molecule has 1 fully saturated rings. The third kappa shape index (κ3) is 6.65. The summed E-state index contributed by atoms with van der Waals surface area (Å²) < 4.78 is 15.3. The molecule has 1 unspecified atom stereocenters. The number of primary amides is 1. The average molecular weight is 462 g/mol. The van der Waals surface area contributed by atoms with Crippen LogP contribution in [0.15, 0.2) is 18.2 Å². The van der Waals surface area contributed by atoms with Crippen LogP contribution in [-0.2, 0) is 11.3 Å². The quantitative estimate of drug-likeness (QED) is 0.528. The Morgan fingerprint density at radius 3 is 2.75 bits per heavy atom. The minimum atomic E-state index is -0.703. The van der Waals surface area contributed by atoms with E-state index in [0.717, 1.165) is 61.1 Å². The zero-order chi connectivity index (χ0) is 23.1. The molecule has 1 aromatic carbocycles. The van der Waals surface area contributed by atoms with Crippen LogP contribution in [0.2, 0.25) is 0 Å². The summed E-state index contributed by atoms with van der Waals surface area (Å²) in [5.41, 5.74) is 8.86. The Labute approximate surface area is 192 Å². The molecule has 1 saturated heterocycles. The number of aromatic nitrogens is 1. The number of ether oxygens (including phenoxy) is 2. The van der Waals surface area contributed by atoms with Gasteiger partial charge in [-0.1, -0.05) is 30.7 Å². The normalized spacial score (nSPS) is 15.2. The highest BCUT2D eigenvalue weighted by atomic mass is 32.1. The molecular formula is C22H31N5O4S. The van der Waals surface area contributed by atoms with Crippen LogP contribution in [0.1, 0.15) is 34.0 Å². The van der Waals surface area contributed by atoms with Crippen LogP contribution in [0.3, 0.4) is 0 Å². The molecule has 9 nitrogen and oxygen atoms in total. The Morgan fingerprint density at radius 2 is 2.06 bits per heavy atom. The van der Waals surface area contributed by atoms with Gasteiger partial charge in [0.1, 0.15) is 17.2 Å². The second-order valence-electron chi connectivity index (χ2n) is 8.13. The molecular weight excluding hydrogens is 430 g/mol. The fourth-order valence-corrected chi connectivity index (χ4v) is 4.27. The molecule has 1 aliphatic heterocycles. The maximum atomic E-state index is 12.4. The predicted molar refractivity (Wildman–Crippen MR) is 124 cm³/mol. The Kier molecular flexibility index (Phi) is 8.43. The minimum Gasteiger partial charge on any atom is -0.472 e. The van der Waals surface area contributed by atoms with Crippen molar-refractivity contribution in [2.75, 3.05) is 44.7 Å². The number of nitrogens with two attached hydrogens (primary N) is 1. The number of benzene rings is 1. The molecule has 0 aliphatic carbocycles. The second kappa shape index (κ2) is 11.3. The van der Waals surface area contributed by atoms with Crippen molar-refractivity contribution >= 4 is 28.5 Å². The molecule has 174 valence electrons. The van der Waals surface area contributed by atoms with E-state index in [4.69, 9.17) is 15.2 Å². The SMILES string of the molecule is Cc1ccc(COc2nsc(NC(=O)NCC(C)CN3CCOCC3)c2C(N)=O)c(C)c1. The van der Waals surface area contributed by atoms with Gasteiger partial charge in [0, 0.05) is 26.2 Å². The van der Waals surface area contributed by atoms with Crippen molar-refractivity contribution < 1.29 is 19.1 Å². The number of carbonyl (C=O) groups is 2. The van der Waals surface area contributed by atoms with E-state index in [1.165, 1.54) is 0 Å². The average Bonchev–Trinajstić information content (AvgIpc) is 3.15. The smallest absolute Gasteiger partial charge is 0.319 e. The lowest BCUT2D eigenvalue weighted by atomic mass is 10.1. The number of carbonyl (C=O) groups excluding carboxylic acids is 2. The molecule has 1 aromatic heterocycles. The highest BCUT2D eigenvalue weighted by Crippen LogP contribution is 2.31. The Balaban J connectivity index is 1.54. The van der Waals surface area contributed by atoms with Crippen LogP contribution in [0.5, 0.6) is 5.88 Å². The molecule has 4 N–H and O–H groups in total. The molecule has 0 saturated carbocycles. The highest BCUT2D eigenvalue weighted by molar-refractivity contribution is 7.11. The van der Waals surface area contributed by atoms with Crippen LogP contribution in [0.25, 0.3) is 0 Å². The Morgan fingerprint density at radius 1 is 1.31 bits per heavy atom. The molecule has 2 heterocycles. The monoisotopic (exact) mass is 461 g/mol. The van der Waals surface area contributed by atoms with Gasteiger partial charge in [-0.3, -0.25) is 15.0 Å². The summed E-state index contributed by atoms with van der Waals surface area (Å²) in [4.78, 5) is 26.7. The molecule has 3 rings (SSSR count). The first kappa shape index (κ1) is 24.0. The van der Waals surface area contributed by atoms with E-state index in [0.29, 0.717) is 6.54 Å². The van der Waals surface area contributed by atoms with E-state index in [-0.39, 0.29) is 29.0 Å². The van der Waals surface area contributed by atoms with Gasteiger partial charge in [-0.2, -0.15) is 4.37 Å². The molecule has 1 aliphatic rings. The first-order chi connectivity index (χ1) is 15.3. The molecule has 1 atom stereocenters. The number of hydrogen-bond acceptors (Lipinski definition) is 7. The zero-order valence-corrected chi connectivity index (χ0v) is 19.6. The maximum Gasteiger partial charge on any atom is 0.319 e. The number of nitrogens with one attached hydrogen (secondary N) is 2. The third-order valence-corrected chi connectivity index (χ3v) is 6.03. The van der Waals surface area contributed by atoms with Crippen molar-refractivity contribution in [3.8, 4) is 5.88 Å². The van der Waals surface area contributed by atoms with E-state index in [9.17, 15) is 9.59 Å². The first-order valence-corrected chi connectivity index (χ1v) is 11.4. The summed E-state index contributed by atoms with van der Waals surface area (Å²) in [6.07, 6.45) is 0. The van der Waals surface area contributed by atoms with Crippen LogP contribution >= 0.6 is 11.5 Å². The highest BCUT2D eigenvalue weighted by Gasteiger charge is 2.22. The molecule has 0 radical (unpaired) electrons. The summed E-state index contributed by atoms with van der Waals surface area (Å²) in [6.45, 7) is 11.0. The van der Waals surface area contributed by atoms with Crippen LogP contribution < -0.4 is 21.1 Å². The van der Waals surface area contributed by atoms with E-state index >= 15 is 0 Å². The summed E-state index contributed by atoms with van der Waals surface area (Å²) in [6, 6.07) is 5.63. The molecule has 0 spiro atoms. The van der Waals surface area contributed by atoms with Crippen LogP contribution in [-0.4, -0.2) is 60.6 Å². The van der Waals surface area contributed by atoms with Gasteiger partial charge in [-0.25, -0.2) is 4.79 Å². The largest absolute Gasteiger partial charge is 0.472 e. The van der Waals surface area contributed by atoms with E-state index < -0.39 is 11.9 Å². The number of aryl methyl sites for hydroxylation is 2. The lowest BCUT2D eigenvalue weighted by Gasteiger charge is -2.29. The first-order valence-electron chi connectivity index (χ1n) is 10.7. The topological polar surface area (TPSA) is 119 Å². The number of rotatable bonds is 9. The van der Waals surface area contributed by atoms with Crippen molar-refractivity contribution in [1.29, 1.82) is 0 Å². The second-order valence-corrected chi connectivity index (χ2v) is 8.90. The van der Waals surface area contributed by atoms with Crippen molar-refractivity contribution in [3.63, 3.8) is 0 Å². The zero-order valence-electron chi connectivity index (χ0n) is 18.8. The lowest BCUT2D eigenvalue weighted by Crippen LogP contribution is -2.42. The van der Waals surface area contributed by atoms with E-state index in [1.54, 1.807) is 0 Å². The number of urea groups is 1. The lowest BCUT2D eigenvalue weighted by molar-refractivity contribution is 0.0320. The summed E-state index contributed by atoms with van der Waals surface area (Å²) >= 11 is 0.967. The van der Waals surface area contributed by atoms with Crippen LogP contribution in [0.4, 0.5) is 9.80 Å². The van der Waals surface area contributed by atoms with Crippen molar-refractivity contribution in [1.82, 2.24) is 14.6 Å². The van der Waals surface area contributed by atoms with E-state index in [2.05, 4.69) is 32.9 Å². The van der Waals surface area contributed by atoms with Gasteiger partial charge in [0.05, 0.1) is 13.2 Å². The molecule has 0 bridgehead atoms. The molecule has 2 aromatic rings. The summed E-state index contributed by atoms with van der Waals surface area (Å²) in [5.74, 6) is -0.309. The molecule has 10 heteroatoms. The number of nitrogens with zero attached hydrogens (tertiary/aromatic N) is 2. The molecule has 3 amide bonds. The number of morpholine rings is 1. The number of anilines is 1.